The highest BCUT2D eigenvalue weighted by molar-refractivity contribution is 7.18. The Labute approximate surface area is 247 Å². The smallest absolute Gasteiger partial charge is 0.224 e. The van der Waals surface area contributed by atoms with Crippen LogP contribution in [0.3, 0.4) is 0 Å². The van der Waals surface area contributed by atoms with Crippen LogP contribution in [0.25, 0.3) is 10.2 Å². The van der Waals surface area contributed by atoms with Crippen molar-refractivity contribution in [3.05, 3.63) is 40.4 Å². The van der Waals surface area contributed by atoms with Gasteiger partial charge in [-0.15, -0.1) is 11.3 Å². The van der Waals surface area contributed by atoms with E-state index in [4.69, 9.17) is 16.6 Å². The molecule has 218 valence electrons. The molecule has 1 amide bonds. The number of hydrogen-bond acceptors (Lipinski definition) is 7. The van der Waals surface area contributed by atoms with Crippen LogP contribution in [0, 0.1) is 11.8 Å². The molecule has 1 aromatic heterocycles. The maximum Gasteiger partial charge on any atom is 0.224 e. The van der Waals surface area contributed by atoms with Gasteiger partial charge in [-0.2, -0.15) is 0 Å². The molecule has 2 fully saturated rings. The fourth-order valence-electron chi connectivity index (χ4n) is 5.83. The van der Waals surface area contributed by atoms with Gasteiger partial charge in [0.1, 0.15) is 5.78 Å². The average molecular weight is 587 g/mol. The summed E-state index contributed by atoms with van der Waals surface area (Å²) in [7, 11) is 2.12. The van der Waals surface area contributed by atoms with Crippen LogP contribution in [0.15, 0.2) is 30.4 Å². The van der Waals surface area contributed by atoms with Crippen LogP contribution >= 0.6 is 22.9 Å². The first-order valence-corrected chi connectivity index (χ1v) is 15.9. The van der Waals surface area contributed by atoms with Crippen molar-refractivity contribution in [2.75, 3.05) is 39.8 Å². The summed E-state index contributed by atoms with van der Waals surface area (Å²) in [5, 5.41) is 4.78. The fourth-order valence-corrected chi connectivity index (χ4v) is 7.16. The summed E-state index contributed by atoms with van der Waals surface area (Å²) in [6.45, 7) is 10.4. The monoisotopic (exact) mass is 586 g/mol. The van der Waals surface area contributed by atoms with E-state index < -0.39 is 5.92 Å². The molecule has 1 aliphatic heterocycles. The van der Waals surface area contributed by atoms with Crippen molar-refractivity contribution in [2.45, 2.75) is 70.8 Å². The van der Waals surface area contributed by atoms with E-state index in [0.29, 0.717) is 48.7 Å². The highest BCUT2D eigenvalue weighted by Gasteiger charge is 2.31. The third kappa shape index (κ3) is 8.68. The molecule has 1 N–H and O–H groups in total. The van der Waals surface area contributed by atoms with Crippen LogP contribution in [-0.2, 0) is 20.8 Å². The summed E-state index contributed by atoms with van der Waals surface area (Å²) >= 11 is 7.67. The molecule has 7 nitrogen and oxygen atoms in total. The lowest BCUT2D eigenvalue weighted by Gasteiger charge is -2.32. The fraction of sp³-hybridized carbons (Fsp3) is 0.613. The number of carbonyl (C=O) groups excluding carboxylic acids is 3. The van der Waals surface area contributed by atoms with Crippen molar-refractivity contribution >= 4 is 50.6 Å². The summed E-state index contributed by atoms with van der Waals surface area (Å²) in [4.78, 5) is 48.5. The van der Waals surface area contributed by atoms with Gasteiger partial charge in [-0.05, 0) is 50.4 Å². The first-order valence-electron chi connectivity index (χ1n) is 14.7. The van der Waals surface area contributed by atoms with Crippen LogP contribution < -0.4 is 5.32 Å². The highest BCUT2D eigenvalue weighted by atomic mass is 35.5. The van der Waals surface area contributed by atoms with Gasteiger partial charge in [0.15, 0.2) is 5.78 Å². The second-order valence-corrected chi connectivity index (χ2v) is 13.1. The van der Waals surface area contributed by atoms with Crippen LogP contribution in [0.1, 0.15) is 63.3 Å². The minimum absolute atomic E-state index is 0.0668. The predicted octanol–water partition coefficient (Wildman–Crippen LogP) is 5.31. The summed E-state index contributed by atoms with van der Waals surface area (Å²) in [6.07, 6.45) is 6.38. The Balaban J connectivity index is 1.39. The van der Waals surface area contributed by atoms with E-state index in [2.05, 4.69) is 28.7 Å². The lowest BCUT2D eigenvalue weighted by molar-refractivity contribution is -0.130. The quantitative estimate of drug-likeness (QED) is 0.302. The van der Waals surface area contributed by atoms with Crippen molar-refractivity contribution in [3.8, 4) is 0 Å². The molecule has 4 rings (SSSR count). The van der Waals surface area contributed by atoms with Gasteiger partial charge >= 0.3 is 0 Å². The van der Waals surface area contributed by atoms with E-state index in [0.717, 1.165) is 67.1 Å². The minimum atomic E-state index is -0.490. The van der Waals surface area contributed by atoms with E-state index in [1.165, 1.54) is 11.3 Å². The van der Waals surface area contributed by atoms with Crippen molar-refractivity contribution in [2.24, 2.45) is 11.8 Å². The molecule has 2 atom stereocenters. The van der Waals surface area contributed by atoms with Crippen molar-refractivity contribution < 1.29 is 14.4 Å². The molecular weight excluding hydrogens is 544 g/mol. The molecule has 1 aromatic carbocycles. The van der Waals surface area contributed by atoms with E-state index in [1.54, 1.807) is 0 Å². The molecular formula is C31H43ClN4O3S. The number of rotatable bonds is 14. The molecule has 1 saturated carbocycles. The lowest BCUT2D eigenvalue weighted by atomic mass is 9.90. The first-order chi connectivity index (χ1) is 19.2. The average Bonchev–Trinajstić information content (AvgIpc) is 3.61. The Bertz CT molecular complexity index is 1200. The van der Waals surface area contributed by atoms with Gasteiger partial charge in [0, 0.05) is 75.0 Å². The maximum atomic E-state index is 13.7. The Kier molecular flexibility index (Phi) is 11.3. The maximum absolute atomic E-state index is 13.7. The van der Waals surface area contributed by atoms with Crippen LogP contribution in [0.2, 0.25) is 5.02 Å². The third-order valence-corrected chi connectivity index (χ3v) is 9.71. The molecule has 1 saturated heterocycles. The molecule has 2 aromatic rings. The molecule has 0 unspecified atom stereocenters. The number of fused-ring (bicyclic) bond motifs is 1. The lowest BCUT2D eigenvalue weighted by Crippen LogP contribution is -2.45. The SMILES string of the molecule is C=C(CN1CCN(C)CC1)C(=O)CC[C@@H](NC(=O)[C@@H](CC(=O)CC)Cc1nc2ccc(Cl)cc2s1)C1CCCC1. The zero-order valence-electron chi connectivity index (χ0n) is 23.9. The summed E-state index contributed by atoms with van der Waals surface area (Å²) in [5.41, 5.74) is 1.51. The van der Waals surface area contributed by atoms with Gasteiger partial charge in [0.2, 0.25) is 5.91 Å². The highest BCUT2D eigenvalue weighted by Crippen LogP contribution is 2.31. The molecule has 0 spiro atoms. The number of aromatic nitrogens is 1. The van der Waals surface area contributed by atoms with Crippen LogP contribution in [0.5, 0.6) is 0 Å². The number of hydrogen-bond donors (Lipinski definition) is 1. The molecule has 1 aliphatic carbocycles. The van der Waals surface area contributed by atoms with Gasteiger partial charge < -0.3 is 10.2 Å². The van der Waals surface area contributed by atoms with Crippen molar-refractivity contribution in [1.29, 1.82) is 0 Å². The topological polar surface area (TPSA) is 82.6 Å². The second kappa shape index (κ2) is 14.7. The van der Waals surface area contributed by atoms with Gasteiger partial charge in [-0.3, -0.25) is 19.3 Å². The molecule has 40 heavy (non-hydrogen) atoms. The number of carbonyl (C=O) groups is 3. The number of Topliss-reactive ketones (excluding diaryl/α,β-unsaturated/α-hetero) is 2. The van der Waals surface area contributed by atoms with E-state index in [9.17, 15) is 14.4 Å². The number of halogens is 1. The van der Waals surface area contributed by atoms with Gasteiger partial charge in [0.25, 0.3) is 0 Å². The summed E-state index contributed by atoms with van der Waals surface area (Å²) in [5.74, 6) is -0.0936. The first kappa shape index (κ1) is 30.8. The number of amides is 1. The normalized spacial score (nSPS) is 18.6. The molecule has 0 bridgehead atoms. The summed E-state index contributed by atoms with van der Waals surface area (Å²) < 4.78 is 0.975. The second-order valence-electron chi connectivity index (χ2n) is 11.5. The Morgan fingerprint density at radius 3 is 2.60 bits per heavy atom. The molecule has 2 heterocycles. The molecule has 2 aliphatic rings. The standard InChI is InChI=1S/C31H43ClN4O3S/c1-4-25(37)17-23(18-30-33-27-10-9-24(32)19-29(27)40-30)31(39)34-26(22-7-5-6-8-22)11-12-28(38)21(2)20-36-15-13-35(3)14-16-36/h9-10,19,22-23,26H,2,4-8,11-18,20H2,1,3H3,(H,34,39)/t23-,26+/m0/s1. The largest absolute Gasteiger partial charge is 0.353 e. The number of nitrogens with one attached hydrogen (secondary N) is 1. The van der Waals surface area contributed by atoms with Gasteiger partial charge in [-0.25, -0.2) is 4.98 Å². The molecule has 0 radical (unpaired) electrons. The number of ketones is 2. The van der Waals surface area contributed by atoms with Crippen LogP contribution in [0.4, 0.5) is 0 Å². The number of piperazine rings is 1. The van der Waals surface area contributed by atoms with E-state index in [1.807, 2.05) is 25.1 Å². The Morgan fingerprint density at radius 2 is 1.90 bits per heavy atom. The zero-order valence-corrected chi connectivity index (χ0v) is 25.5. The number of thiazole rings is 1. The Hall–Kier alpha value is -2.13. The van der Waals surface area contributed by atoms with Crippen molar-refractivity contribution in [1.82, 2.24) is 20.1 Å². The van der Waals surface area contributed by atoms with Gasteiger partial charge in [0.05, 0.1) is 21.1 Å². The predicted molar refractivity (Wildman–Crippen MR) is 163 cm³/mol. The minimum Gasteiger partial charge on any atom is -0.353 e. The zero-order chi connectivity index (χ0) is 28.6. The number of benzene rings is 1. The van der Waals surface area contributed by atoms with Crippen LogP contribution in [-0.4, -0.2) is 78.1 Å². The Morgan fingerprint density at radius 1 is 1.18 bits per heavy atom. The summed E-state index contributed by atoms with van der Waals surface area (Å²) in [6, 6.07) is 5.50. The van der Waals surface area contributed by atoms with E-state index in [-0.39, 0.29) is 29.9 Å². The molecule has 9 heteroatoms. The van der Waals surface area contributed by atoms with E-state index >= 15 is 0 Å². The van der Waals surface area contributed by atoms with Gasteiger partial charge in [-0.1, -0.05) is 37.9 Å². The third-order valence-electron chi connectivity index (χ3n) is 8.44. The number of nitrogens with zero attached hydrogens (tertiary/aromatic N) is 3. The number of likely N-dealkylation sites (N-methyl/N-ethyl adjacent to an activating group) is 1. The van der Waals surface area contributed by atoms with Crippen molar-refractivity contribution in [3.63, 3.8) is 0 Å².